The van der Waals surface area contributed by atoms with Crippen LogP contribution in [0.1, 0.15) is 6.42 Å². The molecular formula is C12H19N5O9P2. The Kier molecular flexibility index (Phi) is 5.88. The molecule has 156 valence electrons. The lowest BCUT2D eigenvalue weighted by Gasteiger charge is -2.21. The van der Waals surface area contributed by atoms with Gasteiger partial charge in [0.25, 0.3) is 0 Å². The molecule has 0 saturated heterocycles. The Morgan fingerprint density at radius 2 is 2.04 bits per heavy atom. The van der Waals surface area contributed by atoms with Gasteiger partial charge in [0.05, 0.1) is 32.2 Å². The summed E-state index contributed by atoms with van der Waals surface area (Å²) in [7, 11) is -9.57. The maximum atomic E-state index is 12.0. The molecule has 1 aliphatic carbocycles. The molecule has 28 heavy (non-hydrogen) atoms. The van der Waals surface area contributed by atoms with Gasteiger partial charge in [-0.25, -0.2) is 23.8 Å². The SMILES string of the molecule is Nc1ncnc2c1ncn2CC1(OCP(=O)(O)OP(=O)(O)OCCO)C[C@H]1O. The molecule has 1 aliphatic rings. The molecule has 2 aromatic rings. The standard InChI is InChI=1S/C12H19N5O9P2/c13-10-9-11(15-5-14-10)17(6-16-9)4-12(3-8(12)19)24-7-27(20,21)26-28(22,23)25-2-1-18/h5-6,8,18-19H,1-4,7H2,(H,20,21)(H,22,23)(H2,13,14,15)/t8-,12?/m1/s1. The van der Waals surface area contributed by atoms with E-state index >= 15 is 0 Å². The lowest BCUT2D eigenvalue weighted by molar-refractivity contribution is 0.00638. The summed E-state index contributed by atoms with van der Waals surface area (Å²) >= 11 is 0. The van der Waals surface area contributed by atoms with E-state index in [0.29, 0.717) is 11.2 Å². The number of phosphoric acid groups is 1. The maximum absolute atomic E-state index is 12.0. The van der Waals surface area contributed by atoms with Crippen LogP contribution < -0.4 is 5.73 Å². The van der Waals surface area contributed by atoms with Gasteiger partial charge < -0.3 is 35.0 Å². The number of nitrogens with two attached hydrogens (primary N) is 1. The van der Waals surface area contributed by atoms with E-state index in [1.165, 1.54) is 17.2 Å². The highest BCUT2D eigenvalue weighted by Gasteiger charge is 2.56. The predicted octanol–water partition coefficient (Wildman–Crippen LogP) is -0.803. The van der Waals surface area contributed by atoms with E-state index in [-0.39, 0.29) is 18.8 Å². The molecular weight excluding hydrogens is 420 g/mol. The van der Waals surface area contributed by atoms with Gasteiger partial charge in [-0.1, -0.05) is 0 Å². The minimum Gasteiger partial charge on any atom is -0.394 e. The van der Waals surface area contributed by atoms with Gasteiger partial charge in [0, 0.05) is 6.42 Å². The molecule has 3 rings (SSSR count). The first-order valence-corrected chi connectivity index (χ1v) is 11.2. The highest BCUT2D eigenvalue weighted by Crippen LogP contribution is 2.60. The van der Waals surface area contributed by atoms with Crippen molar-refractivity contribution in [2.75, 3.05) is 25.3 Å². The molecule has 0 radical (unpaired) electrons. The molecule has 2 heterocycles. The summed E-state index contributed by atoms with van der Waals surface area (Å²) in [5.41, 5.74) is 5.22. The van der Waals surface area contributed by atoms with Crippen molar-refractivity contribution in [2.24, 2.45) is 0 Å². The molecule has 1 fully saturated rings. The third-order valence-corrected chi connectivity index (χ3v) is 6.76. The van der Waals surface area contributed by atoms with Gasteiger partial charge in [0.2, 0.25) is 0 Å². The van der Waals surface area contributed by atoms with Crippen molar-refractivity contribution < 1.29 is 42.7 Å². The van der Waals surface area contributed by atoms with Crippen LogP contribution in [0.5, 0.6) is 0 Å². The Hall–Kier alpha value is -1.47. The maximum Gasteiger partial charge on any atom is 0.479 e. The van der Waals surface area contributed by atoms with Gasteiger partial charge >= 0.3 is 15.4 Å². The van der Waals surface area contributed by atoms with Crippen LogP contribution in [0.15, 0.2) is 12.7 Å². The number of nitrogens with zero attached hydrogens (tertiary/aromatic N) is 4. The second kappa shape index (κ2) is 7.75. The molecule has 2 aromatic heterocycles. The number of fused-ring (bicyclic) bond motifs is 1. The topological polar surface area (TPSA) is 212 Å². The van der Waals surface area contributed by atoms with Crippen molar-refractivity contribution in [3.05, 3.63) is 12.7 Å². The number of imidazole rings is 1. The van der Waals surface area contributed by atoms with Crippen molar-refractivity contribution in [1.29, 1.82) is 0 Å². The molecule has 6 N–H and O–H groups in total. The number of phosphoric ester groups is 1. The van der Waals surface area contributed by atoms with Gasteiger partial charge in [-0.3, -0.25) is 9.09 Å². The van der Waals surface area contributed by atoms with Gasteiger partial charge in [-0.15, -0.1) is 0 Å². The number of rotatable bonds is 10. The quantitative estimate of drug-likeness (QED) is 0.287. The monoisotopic (exact) mass is 439 g/mol. The number of aliphatic hydroxyl groups excluding tert-OH is 2. The number of aliphatic hydroxyl groups is 2. The molecule has 0 amide bonds. The van der Waals surface area contributed by atoms with Gasteiger partial charge in [0.1, 0.15) is 23.8 Å². The summed E-state index contributed by atoms with van der Waals surface area (Å²) in [5, 5.41) is 18.5. The first-order chi connectivity index (χ1) is 13.1. The van der Waals surface area contributed by atoms with Crippen molar-refractivity contribution in [3.8, 4) is 0 Å². The zero-order valence-corrected chi connectivity index (χ0v) is 16.1. The van der Waals surface area contributed by atoms with Crippen molar-refractivity contribution in [2.45, 2.75) is 24.7 Å². The summed E-state index contributed by atoms with van der Waals surface area (Å²) < 4.78 is 39.0. The predicted molar refractivity (Wildman–Crippen MR) is 92.8 cm³/mol. The Morgan fingerprint density at radius 3 is 2.68 bits per heavy atom. The summed E-state index contributed by atoms with van der Waals surface area (Å²) in [6.45, 7) is -1.11. The first kappa shape index (κ1) is 21.2. The highest BCUT2D eigenvalue weighted by molar-refractivity contribution is 7.63. The Labute approximate surface area is 158 Å². The van der Waals surface area contributed by atoms with Gasteiger partial charge in [-0.2, -0.15) is 0 Å². The zero-order valence-electron chi connectivity index (χ0n) is 14.4. The number of anilines is 1. The van der Waals surface area contributed by atoms with Crippen LogP contribution >= 0.6 is 15.4 Å². The van der Waals surface area contributed by atoms with E-state index in [0.717, 1.165) is 0 Å². The minimum atomic E-state index is -4.86. The fourth-order valence-corrected chi connectivity index (χ4v) is 4.92. The van der Waals surface area contributed by atoms with E-state index < -0.39 is 46.7 Å². The van der Waals surface area contributed by atoms with Crippen LogP contribution in [0, 0.1) is 0 Å². The van der Waals surface area contributed by atoms with Crippen LogP contribution in [0.2, 0.25) is 0 Å². The first-order valence-electron chi connectivity index (χ1n) is 7.92. The minimum absolute atomic E-state index is 0.0267. The van der Waals surface area contributed by atoms with E-state index in [2.05, 4.69) is 23.8 Å². The lowest BCUT2D eigenvalue weighted by atomic mass is 10.3. The Morgan fingerprint density at radius 1 is 1.32 bits per heavy atom. The fraction of sp³-hybridized carbons (Fsp3) is 0.583. The second-order valence-electron chi connectivity index (χ2n) is 6.11. The van der Waals surface area contributed by atoms with E-state index in [9.17, 15) is 24.0 Å². The molecule has 4 atom stereocenters. The Balaban J connectivity index is 1.67. The van der Waals surface area contributed by atoms with Gasteiger partial charge in [-0.05, 0) is 0 Å². The normalized spacial score (nSPS) is 26.1. The Bertz CT molecular complexity index is 955. The molecule has 14 nitrogen and oxygen atoms in total. The summed E-state index contributed by atoms with van der Waals surface area (Å²) in [4.78, 5) is 31.1. The van der Waals surface area contributed by atoms with Crippen LogP contribution in [-0.4, -0.2) is 70.8 Å². The lowest BCUT2D eigenvalue weighted by Crippen LogP contribution is -2.27. The van der Waals surface area contributed by atoms with Crippen LogP contribution in [0.25, 0.3) is 11.2 Å². The van der Waals surface area contributed by atoms with Crippen molar-refractivity contribution in [1.82, 2.24) is 19.5 Å². The molecule has 0 spiro atoms. The van der Waals surface area contributed by atoms with Crippen LogP contribution in [0.4, 0.5) is 5.82 Å². The van der Waals surface area contributed by atoms with E-state index in [1.807, 2.05) is 0 Å². The summed E-state index contributed by atoms with van der Waals surface area (Å²) in [6.07, 6.45) is 0.876. The fourth-order valence-electron chi connectivity index (χ4n) is 2.52. The molecule has 1 saturated carbocycles. The number of nitrogen functional groups attached to an aromatic ring is 1. The van der Waals surface area contributed by atoms with E-state index in [1.54, 1.807) is 0 Å². The average molecular weight is 439 g/mol. The third kappa shape index (κ3) is 4.74. The smallest absolute Gasteiger partial charge is 0.394 e. The highest BCUT2D eigenvalue weighted by atomic mass is 31.3. The summed E-state index contributed by atoms with van der Waals surface area (Å²) in [5.74, 6) is 0.171. The number of hydrogen-bond acceptors (Lipinski definition) is 11. The molecule has 3 unspecified atom stereocenters. The number of ether oxygens (including phenoxy) is 1. The molecule has 0 aliphatic heterocycles. The van der Waals surface area contributed by atoms with Crippen LogP contribution in [-0.2, 0) is 29.2 Å². The number of aromatic nitrogens is 4. The molecule has 0 aromatic carbocycles. The van der Waals surface area contributed by atoms with Crippen molar-refractivity contribution in [3.63, 3.8) is 0 Å². The number of hydrogen-bond donors (Lipinski definition) is 5. The largest absolute Gasteiger partial charge is 0.479 e. The average Bonchev–Trinajstić information content (AvgIpc) is 3.04. The third-order valence-electron chi connectivity index (χ3n) is 3.95. The van der Waals surface area contributed by atoms with Gasteiger partial charge in [0.15, 0.2) is 11.5 Å². The molecule has 0 bridgehead atoms. The van der Waals surface area contributed by atoms with Crippen molar-refractivity contribution >= 4 is 32.4 Å². The zero-order chi connectivity index (χ0) is 20.6. The van der Waals surface area contributed by atoms with Crippen LogP contribution in [0.3, 0.4) is 0 Å². The molecule has 16 heteroatoms. The van der Waals surface area contributed by atoms with E-state index in [4.69, 9.17) is 15.6 Å². The summed E-state index contributed by atoms with van der Waals surface area (Å²) in [6, 6.07) is 0. The second-order valence-corrected chi connectivity index (χ2v) is 9.49.